The highest BCUT2D eigenvalue weighted by atomic mass is 16.4. The Bertz CT molecular complexity index is 140. The molecule has 0 spiro atoms. The topological polar surface area (TPSA) is 75.3 Å². The summed E-state index contributed by atoms with van der Waals surface area (Å²) in [4.78, 5) is 10.5. The second-order valence-corrected chi connectivity index (χ2v) is 3.52. The van der Waals surface area contributed by atoms with Gasteiger partial charge in [0.1, 0.15) is 6.04 Å². The van der Waals surface area contributed by atoms with Gasteiger partial charge in [-0.2, -0.15) is 0 Å². The van der Waals surface area contributed by atoms with Crippen molar-refractivity contribution in [1.82, 2.24) is 5.32 Å². The highest BCUT2D eigenvalue weighted by molar-refractivity contribution is 5.73. The van der Waals surface area contributed by atoms with E-state index in [-0.39, 0.29) is 12.1 Å². The monoisotopic (exact) mass is 160 g/mol. The first-order valence-corrected chi connectivity index (χ1v) is 3.57. The number of hydrogen-bond donors (Lipinski definition) is 3. The molecule has 1 atom stereocenters. The van der Waals surface area contributed by atoms with Crippen LogP contribution in [0.4, 0.5) is 0 Å². The van der Waals surface area contributed by atoms with E-state index in [1.54, 1.807) is 0 Å². The van der Waals surface area contributed by atoms with Crippen LogP contribution in [0, 0.1) is 0 Å². The van der Waals surface area contributed by atoms with Gasteiger partial charge in [-0.1, -0.05) is 0 Å². The lowest BCUT2D eigenvalue weighted by molar-refractivity contribution is -0.139. The van der Waals surface area contributed by atoms with Gasteiger partial charge >= 0.3 is 5.97 Å². The first-order valence-electron chi connectivity index (χ1n) is 3.57. The Kier molecular flexibility index (Phi) is 3.48. The van der Waals surface area contributed by atoms with Crippen molar-refractivity contribution in [3.8, 4) is 0 Å². The zero-order chi connectivity index (χ0) is 9.07. The molecule has 11 heavy (non-hydrogen) atoms. The van der Waals surface area contributed by atoms with Crippen molar-refractivity contribution >= 4 is 5.97 Å². The zero-order valence-corrected chi connectivity index (χ0v) is 7.22. The van der Waals surface area contributed by atoms with Crippen molar-refractivity contribution in [3.63, 3.8) is 0 Å². The number of carbonyl (C=O) groups is 1. The fourth-order valence-electron chi connectivity index (χ4n) is 0.744. The fourth-order valence-corrected chi connectivity index (χ4v) is 0.744. The molecule has 0 rings (SSSR count). The van der Waals surface area contributed by atoms with Gasteiger partial charge < -0.3 is 10.8 Å². The molecule has 0 saturated carbocycles. The van der Waals surface area contributed by atoms with E-state index in [0.29, 0.717) is 0 Å². The summed E-state index contributed by atoms with van der Waals surface area (Å²) < 4.78 is 0. The van der Waals surface area contributed by atoms with Crippen LogP contribution in [0.25, 0.3) is 0 Å². The molecular weight excluding hydrogens is 144 g/mol. The Balaban J connectivity index is 3.99. The van der Waals surface area contributed by atoms with Gasteiger partial charge in [0.05, 0.1) is 0 Å². The van der Waals surface area contributed by atoms with Crippen LogP contribution in [0.2, 0.25) is 0 Å². The zero-order valence-electron chi connectivity index (χ0n) is 7.22. The Morgan fingerprint density at radius 2 is 2.09 bits per heavy atom. The summed E-state index contributed by atoms with van der Waals surface area (Å²) in [5, 5.41) is 11.5. The van der Waals surface area contributed by atoms with Gasteiger partial charge in [0.2, 0.25) is 0 Å². The van der Waals surface area contributed by atoms with Crippen molar-refractivity contribution in [2.75, 3.05) is 6.54 Å². The van der Waals surface area contributed by atoms with Crippen molar-refractivity contribution in [2.45, 2.75) is 32.4 Å². The van der Waals surface area contributed by atoms with Gasteiger partial charge in [-0.05, 0) is 20.8 Å². The normalized spacial score (nSPS) is 14.5. The average molecular weight is 160 g/mol. The molecule has 0 saturated heterocycles. The van der Waals surface area contributed by atoms with Gasteiger partial charge in [-0.15, -0.1) is 0 Å². The number of carboxylic acids is 1. The summed E-state index contributed by atoms with van der Waals surface area (Å²) in [6.45, 7) is 5.82. The fraction of sp³-hybridized carbons (Fsp3) is 0.857. The molecule has 0 unspecified atom stereocenters. The van der Waals surface area contributed by atoms with Crippen LogP contribution in [-0.2, 0) is 4.79 Å². The van der Waals surface area contributed by atoms with E-state index in [0.717, 1.165) is 0 Å². The van der Waals surface area contributed by atoms with E-state index >= 15 is 0 Å². The van der Waals surface area contributed by atoms with Crippen LogP contribution in [-0.4, -0.2) is 29.2 Å². The molecular formula is C7H16N2O2. The molecule has 0 aromatic carbocycles. The summed E-state index contributed by atoms with van der Waals surface area (Å²) in [5.74, 6) is -0.901. The van der Waals surface area contributed by atoms with E-state index < -0.39 is 12.0 Å². The Morgan fingerprint density at radius 3 is 2.18 bits per heavy atom. The van der Waals surface area contributed by atoms with Crippen molar-refractivity contribution < 1.29 is 9.90 Å². The van der Waals surface area contributed by atoms with Crippen LogP contribution in [0.3, 0.4) is 0 Å². The number of carboxylic acid groups (broad SMARTS) is 1. The van der Waals surface area contributed by atoms with Gasteiger partial charge in [0.25, 0.3) is 0 Å². The summed E-state index contributed by atoms with van der Waals surface area (Å²) in [6, 6.07) is -0.644. The van der Waals surface area contributed by atoms with Crippen LogP contribution >= 0.6 is 0 Å². The third kappa shape index (κ3) is 4.75. The van der Waals surface area contributed by atoms with E-state index in [1.165, 1.54) is 0 Å². The first kappa shape index (κ1) is 10.4. The van der Waals surface area contributed by atoms with Crippen molar-refractivity contribution in [1.29, 1.82) is 0 Å². The number of nitrogens with two attached hydrogens (primary N) is 1. The molecule has 0 aliphatic heterocycles. The molecule has 0 heterocycles. The lowest BCUT2D eigenvalue weighted by atomic mass is 10.1. The maximum Gasteiger partial charge on any atom is 0.322 e. The van der Waals surface area contributed by atoms with Crippen LogP contribution in [0.15, 0.2) is 0 Å². The molecule has 4 nitrogen and oxygen atoms in total. The minimum absolute atomic E-state index is 0.118. The van der Waals surface area contributed by atoms with Gasteiger partial charge in [-0.25, -0.2) is 0 Å². The molecule has 4 heteroatoms. The van der Waals surface area contributed by atoms with E-state index in [1.807, 2.05) is 20.8 Å². The second-order valence-electron chi connectivity index (χ2n) is 3.52. The third-order valence-corrected chi connectivity index (χ3v) is 1.14. The predicted octanol–water partition coefficient (Wildman–Crippen LogP) is -0.214. The number of rotatable bonds is 3. The van der Waals surface area contributed by atoms with Crippen LogP contribution < -0.4 is 11.1 Å². The second kappa shape index (κ2) is 3.69. The SMILES string of the molecule is CC(C)(C)N[C@@H](CN)C(=O)O. The summed E-state index contributed by atoms with van der Waals surface area (Å²) >= 11 is 0. The lowest BCUT2D eigenvalue weighted by Crippen LogP contribution is -2.51. The molecule has 0 aromatic heterocycles. The molecule has 0 amide bonds. The first-order chi connectivity index (χ1) is 4.87. The molecule has 0 bridgehead atoms. The maximum absolute atomic E-state index is 10.5. The third-order valence-electron chi connectivity index (χ3n) is 1.14. The quantitative estimate of drug-likeness (QED) is 0.534. The molecule has 0 aliphatic carbocycles. The van der Waals surface area contributed by atoms with Gasteiger partial charge in [0, 0.05) is 12.1 Å². The number of aliphatic carboxylic acids is 1. The van der Waals surface area contributed by atoms with Crippen LogP contribution in [0.5, 0.6) is 0 Å². The minimum atomic E-state index is -0.901. The highest BCUT2D eigenvalue weighted by Crippen LogP contribution is 2.00. The molecule has 66 valence electrons. The van der Waals surface area contributed by atoms with Crippen molar-refractivity contribution in [3.05, 3.63) is 0 Å². The summed E-state index contributed by atoms with van der Waals surface area (Å²) in [7, 11) is 0. The summed E-state index contributed by atoms with van der Waals surface area (Å²) in [6.07, 6.45) is 0. The lowest BCUT2D eigenvalue weighted by Gasteiger charge is -2.24. The average Bonchev–Trinajstić information content (AvgIpc) is 1.80. The number of nitrogens with one attached hydrogen (secondary N) is 1. The molecule has 0 fully saturated rings. The van der Waals surface area contributed by atoms with Gasteiger partial charge in [0.15, 0.2) is 0 Å². The van der Waals surface area contributed by atoms with Gasteiger partial charge in [-0.3, -0.25) is 10.1 Å². The Hall–Kier alpha value is -0.610. The molecule has 0 aliphatic rings. The summed E-state index contributed by atoms with van der Waals surface area (Å²) in [5.41, 5.74) is 5.03. The highest BCUT2D eigenvalue weighted by Gasteiger charge is 2.21. The molecule has 0 aromatic rings. The smallest absolute Gasteiger partial charge is 0.322 e. The van der Waals surface area contributed by atoms with E-state index in [2.05, 4.69) is 5.32 Å². The molecule has 4 N–H and O–H groups in total. The Labute approximate surface area is 66.8 Å². The standard InChI is InChI=1S/C7H16N2O2/c1-7(2,3)9-5(4-8)6(10)11/h5,9H,4,8H2,1-3H3,(H,10,11)/t5-/m0/s1. The largest absolute Gasteiger partial charge is 0.480 e. The Morgan fingerprint density at radius 1 is 1.64 bits per heavy atom. The van der Waals surface area contributed by atoms with Crippen molar-refractivity contribution in [2.24, 2.45) is 5.73 Å². The molecule has 0 radical (unpaired) electrons. The van der Waals surface area contributed by atoms with Crippen LogP contribution in [0.1, 0.15) is 20.8 Å². The minimum Gasteiger partial charge on any atom is -0.480 e. The van der Waals surface area contributed by atoms with E-state index in [9.17, 15) is 4.79 Å². The maximum atomic E-state index is 10.5. The number of hydrogen-bond acceptors (Lipinski definition) is 3. The van der Waals surface area contributed by atoms with E-state index in [4.69, 9.17) is 10.8 Å². The predicted molar refractivity (Wildman–Crippen MR) is 43.4 cm³/mol.